The topological polar surface area (TPSA) is 113 Å². The Morgan fingerprint density at radius 3 is 2.91 bits per heavy atom. The Balaban J connectivity index is 1.90. The van der Waals surface area contributed by atoms with Gasteiger partial charge in [0.25, 0.3) is 5.69 Å². The second-order valence-electron chi connectivity index (χ2n) is 4.33. The fourth-order valence-electron chi connectivity index (χ4n) is 1.76. The van der Waals surface area contributed by atoms with Crippen LogP contribution in [0, 0.1) is 17.0 Å². The molecule has 3 aromatic rings. The summed E-state index contributed by atoms with van der Waals surface area (Å²) < 4.78 is 1.39. The fraction of sp³-hybridized carbons (Fsp3) is 0.0833. The molecule has 2 N–H and O–H groups in total. The number of nitrogens with two attached hydrogens (primary N) is 1. The van der Waals surface area contributed by atoms with Crippen molar-refractivity contribution in [2.45, 2.75) is 17.1 Å². The van der Waals surface area contributed by atoms with E-state index in [1.165, 1.54) is 40.0 Å². The average molecular weight is 334 g/mol. The van der Waals surface area contributed by atoms with Gasteiger partial charge in [0.05, 0.1) is 9.80 Å². The van der Waals surface area contributed by atoms with Crippen molar-refractivity contribution < 1.29 is 4.92 Å². The van der Waals surface area contributed by atoms with E-state index in [1.54, 1.807) is 6.92 Å². The molecule has 3 heterocycles. The van der Waals surface area contributed by atoms with Gasteiger partial charge in [-0.2, -0.15) is 0 Å². The third-order valence-corrected chi connectivity index (χ3v) is 4.77. The van der Waals surface area contributed by atoms with Crippen molar-refractivity contribution in [1.29, 1.82) is 0 Å². The fourth-order valence-corrected chi connectivity index (χ4v) is 3.23. The minimum Gasteiger partial charge on any atom is -0.335 e. The maximum Gasteiger partial charge on any atom is 0.287 e. The Bertz CT molecular complexity index is 830. The Labute approximate surface area is 133 Å². The minimum absolute atomic E-state index is 0.0460. The van der Waals surface area contributed by atoms with E-state index in [-0.39, 0.29) is 5.69 Å². The molecule has 0 radical (unpaired) electrons. The first-order valence-electron chi connectivity index (χ1n) is 6.09. The van der Waals surface area contributed by atoms with Crippen LogP contribution in [0.4, 0.5) is 5.69 Å². The van der Waals surface area contributed by atoms with E-state index in [2.05, 4.69) is 15.2 Å². The van der Waals surface area contributed by atoms with Crippen LogP contribution in [0.15, 0.2) is 40.0 Å². The monoisotopic (exact) mass is 334 g/mol. The van der Waals surface area contributed by atoms with Gasteiger partial charge >= 0.3 is 0 Å². The summed E-state index contributed by atoms with van der Waals surface area (Å²) in [7, 11) is 0. The van der Waals surface area contributed by atoms with Crippen LogP contribution in [0.2, 0.25) is 0 Å². The van der Waals surface area contributed by atoms with Gasteiger partial charge in [0.2, 0.25) is 5.16 Å². The highest BCUT2D eigenvalue weighted by molar-refractivity contribution is 7.99. The van der Waals surface area contributed by atoms with E-state index >= 15 is 0 Å². The number of rotatable bonds is 4. The van der Waals surface area contributed by atoms with E-state index in [9.17, 15) is 10.1 Å². The van der Waals surface area contributed by atoms with Crippen molar-refractivity contribution in [3.8, 4) is 10.7 Å². The molecule has 0 saturated heterocycles. The molecule has 0 amide bonds. The average Bonchev–Trinajstić information content (AvgIpc) is 3.11. The first-order valence-corrected chi connectivity index (χ1v) is 7.79. The van der Waals surface area contributed by atoms with Crippen LogP contribution in [-0.4, -0.2) is 24.8 Å². The summed E-state index contributed by atoms with van der Waals surface area (Å²) in [5.41, 5.74) is 0.634. The summed E-state index contributed by atoms with van der Waals surface area (Å²) in [5, 5.41) is 21.8. The molecule has 10 heteroatoms. The van der Waals surface area contributed by atoms with Gasteiger partial charge in [0.15, 0.2) is 5.82 Å². The quantitative estimate of drug-likeness (QED) is 0.443. The van der Waals surface area contributed by atoms with Crippen LogP contribution < -0.4 is 5.84 Å². The molecule has 0 unspecified atom stereocenters. The van der Waals surface area contributed by atoms with Gasteiger partial charge in [0, 0.05) is 6.07 Å². The van der Waals surface area contributed by atoms with Crippen molar-refractivity contribution in [2.75, 3.05) is 5.84 Å². The molecule has 0 fully saturated rings. The number of hydrogen-bond acceptors (Lipinski definition) is 8. The third kappa shape index (κ3) is 2.65. The zero-order valence-electron chi connectivity index (χ0n) is 11.3. The molecule has 3 rings (SSSR count). The van der Waals surface area contributed by atoms with Gasteiger partial charge < -0.3 is 5.84 Å². The molecular formula is C12H10N6O2S2. The second kappa shape index (κ2) is 5.73. The van der Waals surface area contributed by atoms with Gasteiger partial charge in [-0.1, -0.05) is 6.07 Å². The van der Waals surface area contributed by atoms with Gasteiger partial charge in [-0.15, -0.1) is 21.5 Å². The highest BCUT2D eigenvalue weighted by atomic mass is 32.2. The molecule has 0 spiro atoms. The molecular weight excluding hydrogens is 324 g/mol. The summed E-state index contributed by atoms with van der Waals surface area (Å²) >= 11 is 2.73. The molecule has 8 nitrogen and oxygen atoms in total. The summed E-state index contributed by atoms with van der Waals surface area (Å²) in [6.45, 7) is 1.75. The van der Waals surface area contributed by atoms with Crippen molar-refractivity contribution in [2.24, 2.45) is 0 Å². The number of aryl methyl sites for hydroxylation is 1. The lowest BCUT2D eigenvalue weighted by molar-refractivity contribution is -0.385. The molecule has 0 aliphatic heterocycles. The van der Waals surface area contributed by atoms with Crippen LogP contribution in [-0.2, 0) is 0 Å². The van der Waals surface area contributed by atoms with Crippen molar-refractivity contribution in [3.05, 3.63) is 45.5 Å². The summed E-state index contributed by atoms with van der Waals surface area (Å²) in [4.78, 5) is 15.3. The van der Waals surface area contributed by atoms with E-state index in [1.807, 2.05) is 17.5 Å². The van der Waals surface area contributed by atoms with Gasteiger partial charge in [-0.25, -0.2) is 9.66 Å². The maximum absolute atomic E-state index is 10.7. The van der Waals surface area contributed by atoms with Crippen molar-refractivity contribution in [1.82, 2.24) is 19.9 Å². The van der Waals surface area contributed by atoms with Gasteiger partial charge in [0.1, 0.15) is 11.2 Å². The zero-order valence-corrected chi connectivity index (χ0v) is 13.0. The molecule has 0 aliphatic rings. The maximum atomic E-state index is 10.7. The highest BCUT2D eigenvalue weighted by Gasteiger charge is 2.16. The van der Waals surface area contributed by atoms with Gasteiger partial charge in [-0.05, 0) is 35.7 Å². The number of thiophene rings is 1. The number of nitro groups is 1. The van der Waals surface area contributed by atoms with Gasteiger partial charge in [-0.3, -0.25) is 10.1 Å². The lowest BCUT2D eigenvalue weighted by atomic mass is 10.3. The zero-order chi connectivity index (χ0) is 15.7. The molecule has 0 atom stereocenters. The number of pyridine rings is 1. The van der Waals surface area contributed by atoms with Crippen molar-refractivity contribution >= 4 is 28.8 Å². The summed E-state index contributed by atoms with van der Waals surface area (Å²) in [6.07, 6.45) is 1.22. The molecule has 0 bridgehead atoms. The lowest BCUT2D eigenvalue weighted by Crippen LogP contribution is -2.11. The Hall–Kier alpha value is -2.46. The Morgan fingerprint density at radius 1 is 1.45 bits per heavy atom. The van der Waals surface area contributed by atoms with Crippen molar-refractivity contribution in [3.63, 3.8) is 0 Å². The number of nitrogen functional groups attached to an aromatic ring is 1. The first-order chi connectivity index (χ1) is 10.6. The normalized spacial score (nSPS) is 10.8. The second-order valence-corrected chi connectivity index (χ2v) is 6.23. The first kappa shape index (κ1) is 14.5. The third-order valence-electron chi connectivity index (χ3n) is 2.82. The molecule has 0 aromatic carbocycles. The standard InChI is InChI=1S/C12H10N6O2S2/c1-7-5-8(18(19)20)6-14-11(7)22-12-16-15-10(17(12)13)9-3-2-4-21-9/h2-6H,13H2,1H3. The Morgan fingerprint density at radius 2 is 2.27 bits per heavy atom. The van der Waals surface area contributed by atoms with Crippen LogP contribution in [0.25, 0.3) is 10.7 Å². The Kier molecular flexibility index (Phi) is 3.77. The number of nitrogens with zero attached hydrogens (tertiary/aromatic N) is 5. The van der Waals surface area contributed by atoms with E-state index in [0.717, 1.165) is 4.88 Å². The summed E-state index contributed by atoms with van der Waals surface area (Å²) in [5.74, 6) is 6.58. The molecule has 3 aromatic heterocycles. The molecule has 0 aliphatic carbocycles. The lowest BCUT2D eigenvalue weighted by Gasteiger charge is -2.04. The molecule has 22 heavy (non-hydrogen) atoms. The summed E-state index contributed by atoms with van der Waals surface area (Å²) in [6, 6.07) is 5.28. The highest BCUT2D eigenvalue weighted by Crippen LogP contribution is 2.31. The molecule has 0 saturated carbocycles. The number of aromatic nitrogens is 4. The van der Waals surface area contributed by atoms with E-state index in [4.69, 9.17) is 5.84 Å². The number of hydrogen-bond donors (Lipinski definition) is 1. The van der Waals surface area contributed by atoms with E-state index in [0.29, 0.717) is 21.6 Å². The smallest absolute Gasteiger partial charge is 0.287 e. The van der Waals surface area contributed by atoms with Crippen LogP contribution in [0.5, 0.6) is 0 Å². The largest absolute Gasteiger partial charge is 0.335 e. The minimum atomic E-state index is -0.477. The predicted octanol–water partition coefficient (Wildman–Crippen LogP) is 2.48. The van der Waals surface area contributed by atoms with Crippen LogP contribution >= 0.6 is 23.1 Å². The van der Waals surface area contributed by atoms with E-state index < -0.39 is 4.92 Å². The molecule has 112 valence electrons. The van der Waals surface area contributed by atoms with Crippen LogP contribution in [0.3, 0.4) is 0 Å². The SMILES string of the molecule is Cc1cc([N+](=O)[O-])cnc1Sc1nnc(-c2cccs2)n1N. The van der Waals surface area contributed by atoms with Crippen LogP contribution in [0.1, 0.15) is 5.56 Å². The predicted molar refractivity (Wildman–Crippen MR) is 83.2 cm³/mol.